The number of aliphatic carboxylic acids is 2. The summed E-state index contributed by atoms with van der Waals surface area (Å²) in [6.45, 7) is -0.121. The SMILES string of the molecule is O=C(O)/C=C(/C(=O)O)C(=O)OCc1ccccc1. The summed E-state index contributed by atoms with van der Waals surface area (Å²) in [7, 11) is 0. The lowest BCUT2D eigenvalue weighted by atomic mass is 10.2. The molecule has 1 rings (SSSR count). The number of carboxylic acid groups (broad SMARTS) is 2. The third-order valence-electron chi connectivity index (χ3n) is 1.93. The Morgan fingerprint density at radius 3 is 2.22 bits per heavy atom. The molecule has 0 unspecified atom stereocenters. The number of hydrogen-bond acceptors (Lipinski definition) is 4. The summed E-state index contributed by atoms with van der Waals surface area (Å²) < 4.78 is 4.70. The van der Waals surface area contributed by atoms with E-state index in [1.54, 1.807) is 30.3 Å². The molecule has 0 aromatic heterocycles. The number of benzene rings is 1. The van der Waals surface area contributed by atoms with Crippen molar-refractivity contribution in [2.75, 3.05) is 0 Å². The first-order chi connectivity index (χ1) is 8.50. The Hall–Kier alpha value is -2.63. The average Bonchev–Trinajstić information content (AvgIpc) is 2.34. The Bertz CT molecular complexity index is 489. The Morgan fingerprint density at radius 1 is 1.11 bits per heavy atom. The predicted octanol–water partition coefficient (Wildman–Crippen LogP) is 0.825. The molecule has 0 bridgehead atoms. The third kappa shape index (κ3) is 4.09. The number of esters is 1. The summed E-state index contributed by atoms with van der Waals surface area (Å²) in [5.41, 5.74) is -0.246. The first kappa shape index (κ1) is 13.4. The number of carboxylic acids is 2. The van der Waals surface area contributed by atoms with Gasteiger partial charge in [-0.15, -0.1) is 0 Å². The van der Waals surface area contributed by atoms with Crippen LogP contribution in [-0.4, -0.2) is 28.1 Å². The first-order valence-corrected chi connectivity index (χ1v) is 4.89. The van der Waals surface area contributed by atoms with Crippen LogP contribution in [0.15, 0.2) is 42.0 Å². The number of ether oxygens (including phenoxy) is 1. The van der Waals surface area contributed by atoms with Crippen LogP contribution in [0, 0.1) is 0 Å². The van der Waals surface area contributed by atoms with Gasteiger partial charge in [0.2, 0.25) is 0 Å². The Labute approximate surface area is 102 Å². The average molecular weight is 250 g/mol. The van der Waals surface area contributed by atoms with Crippen molar-refractivity contribution in [1.82, 2.24) is 0 Å². The molecular weight excluding hydrogens is 240 g/mol. The summed E-state index contributed by atoms with van der Waals surface area (Å²) >= 11 is 0. The van der Waals surface area contributed by atoms with Crippen molar-refractivity contribution in [3.05, 3.63) is 47.5 Å². The Balaban J connectivity index is 2.69. The quantitative estimate of drug-likeness (QED) is 0.347. The Morgan fingerprint density at radius 2 is 1.72 bits per heavy atom. The van der Waals surface area contributed by atoms with Gasteiger partial charge in [0, 0.05) is 6.08 Å². The molecular formula is C12H10O6. The normalized spacial score (nSPS) is 10.8. The van der Waals surface area contributed by atoms with Gasteiger partial charge in [-0.25, -0.2) is 14.4 Å². The second-order valence-corrected chi connectivity index (χ2v) is 3.26. The molecule has 6 nitrogen and oxygen atoms in total. The molecule has 0 atom stereocenters. The summed E-state index contributed by atoms with van der Waals surface area (Å²) in [4.78, 5) is 32.4. The zero-order valence-electron chi connectivity index (χ0n) is 9.20. The lowest BCUT2D eigenvalue weighted by molar-refractivity contribution is -0.146. The number of hydrogen-bond donors (Lipinski definition) is 2. The van der Waals surface area contributed by atoms with Crippen LogP contribution in [0.2, 0.25) is 0 Å². The summed E-state index contributed by atoms with van der Waals surface area (Å²) in [6, 6.07) is 8.62. The van der Waals surface area contributed by atoms with Crippen LogP contribution in [0.1, 0.15) is 5.56 Å². The van der Waals surface area contributed by atoms with Crippen molar-refractivity contribution in [3.63, 3.8) is 0 Å². The van der Waals surface area contributed by atoms with E-state index in [-0.39, 0.29) is 6.61 Å². The van der Waals surface area contributed by atoms with E-state index in [0.29, 0.717) is 11.6 Å². The van der Waals surface area contributed by atoms with Gasteiger partial charge in [0.05, 0.1) is 0 Å². The molecule has 94 valence electrons. The van der Waals surface area contributed by atoms with Gasteiger partial charge < -0.3 is 14.9 Å². The minimum atomic E-state index is -1.64. The van der Waals surface area contributed by atoms with Gasteiger partial charge in [-0.2, -0.15) is 0 Å². The van der Waals surface area contributed by atoms with E-state index in [0.717, 1.165) is 0 Å². The second-order valence-electron chi connectivity index (χ2n) is 3.26. The lowest BCUT2D eigenvalue weighted by Gasteiger charge is -2.04. The molecule has 0 fully saturated rings. The fraction of sp³-hybridized carbons (Fsp3) is 0.0833. The molecule has 2 N–H and O–H groups in total. The van der Waals surface area contributed by atoms with Gasteiger partial charge >= 0.3 is 17.9 Å². The molecule has 18 heavy (non-hydrogen) atoms. The van der Waals surface area contributed by atoms with E-state index in [2.05, 4.69) is 0 Å². The summed E-state index contributed by atoms with van der Waals surface area (Å²) in [5.74, 6) is -4.35. The maximum atomic E-state index is 11.4. The molecule has 0 saturated heterocycles. The molecule has 6 heteroatoms. The predicted molar refractivity (Wildman–Crippen MR) is 59.6 cm³/mol. The third-order valence-corrected chi connectivity index (χ3v) is 1.93. The highest BCUT2D eigenvalue weighted by atomic mass is 16.5. The molecule has 0 aliphatic rings. The maximum absolute atomic E-state index is 11.4. The minimum Gasteiger partial charge on any atom is -0.478 e. The van der Waals surface area contributed by atoms with E-state index < -0.39 is 23.5 Å². The van der Waals surface area contributed by atoms with Crippen LogP contribution in [0.5, 0.6) is 0 Å². The van der Waals surface area contributed by atoms with Gasteiger partial charge in [0.1, 0.15) is 6.61 Å². The standard InChI is InChI=1S/C12H10O6/c13-10(14)6-9(11(15)16)12(17)18-7-8-4-2-1-3-5-8/h1-6H,7H2,(H,13,14)(H,15,16)/b9-6-. The Kier molecular flexibility index (Phi) is 4.62. The van der Waals surface area contributed by atoms with Crippen LogP contribution in [-0.2, 0) is 25.7 Å². The maximum Gasteiger partial charge on any atom is 0.346 e. The van der Waals surface area contributed by atoms with Gasteiger partial charge in [0.15, 0.2) is 5.57 Å². The molecule has 0 saturated carbocycles. The summed E-state index contributed by atoms with van der Waals surface area (Å²) in [5, 5.41) is 17.1. The van der Waals surface area contributed by atoms with E-state index in [9.17, 15) is 14.4 Å². The highest BCUT2D eigenvalue weighted by Gasteiger charge is 2.20. The fourth-order valence-corrected chi connectivity index (χ4v) is 1.13. The molecule has 0 radical (unpaired) electrons. The highest BCUT2D eigenvalue weighted by molar-refractivity contribution is 6.16. The summed E-state index contributed by atoms with van der Waals surface area (Å²) in [6.07, 6.45) is 0.301. The van der Waals surface area contributed by atoms with Gasteiger partial charge in [-0.1, -0.05) is 30.3 Å². The van der Waals surface area contributed by atoms with E-state index in [4.69, 9.17) is 14.9 Å². The molecule has 0 aliphatic heterocycles. The molecule has 1 aromatic carbocycles. The monoisotopic (exact) mass is 250 g/mol. The molecule has 0 aliphatic carbocycles. The lowest BCUT2D eigenvalue weighted by Crippen LogP contribution is -2.16. The van der Waals surface area contributed by atoms with Crippen molar-refractivity contribution in [2.45, 2.75) is 6.61 Å². The van der Waals surface area contributed by atoms with Crippen LogP contribution < -0.4 is 0 Å². The molecule has 0 spiro atoms. The van der Waals surface area contributed by atoms with Crippen molar-refractivity contribution in [1.29, 1.82) is 0 Å². The van der Waals surface area contributed by atoms with E-state index in [1.165, 1.54) is 0 Å². The zero-order valence-corrected chi connectivity index (χ0v) is 9.20. The van der Waals surface area contributed by atoms with Crippen LogP contribution in [0.25, 0.3) is 0 Å². The van der Waals surface area contributed by atoms with Crippen LogP contribution in [0.4, 0.5) is 0 Å². The molecule has 1 aromatic rings. The van der Waals surface area contributed by atoms with Crippen LogP contribution >= 0.6 is 0 Å². The highest BCUT2D eigenvalue weighted by Crippen LogP contribution is 2.05. The van der Waals surface area contributed by atoms with Crippen molar-refractivity contribution < 1.29 is 29.3 Å². The largest absolute Gasteiger partial charge is 0.478 e. The van der Waals surface area contributed by atoms with Crippen LogP contribution in [0.3, 0.4) is 0 Å². The molecule has 0 amide bonds. The second kappa shape index (κ2) is 6.19. The zero-order chi connectivity index (χ0) is 13.5. The van der Waals surface area contributed by atoms with Crippen molar-refractivity contribution >= 4 is 17.9 Å². The van der Waals surface area contributed by atoms with Gasteiger partial charge in [-0.3, -0.25) is 0 Å². The molecule has 0 heterocycles. The number of carbonyl (C=O) groups is 3. The van der Waals surface area contributed by atoms with Gasteiger partial charge in [-0.05, 0) is 5.56 Å². The van der Waals surface area contributed by atoms with Gasteiger partial charge in [0.25, 0.3) is 0 Å². The number of carbonyl (C=O) groups excluding carboxylic acids is 1. The minimum absolute atomic E-state index is 0.121. The first-order valence-electron chi connectivity index (χ1n) is 4.89. The topological polar surface area (TPSA) is 101 Å². The smallest absolute Gasteiger partial charge is 0.346 e. The van der Waals surface area contributed by atoms with E-state index >= 15 is 0 Å². The number of rotatable bonds is 5. The van der Waals surface area contributed by atoms with Crippen molar-refractivity contribution in [2.24, 2.45) is 0 Å². The van der Waals surface area contributed by atoms with E-state index in [1.807, 2.05) is 0 Å². The van der Waals surface area contributed by atoms with Crippen molar-refractivity contribution in [3.8, 4) is 0 Å². The fourth-order valence-electron chi connectivity index (χ4n) is 1.13.